The summed E-state index contributed by atoms with van der Waals surface area (Å²) in [5.41, 5.74) is 0.832. The molecule has 0 aliphatic carbocycles. The average molecular weight is 433 g/mol. The first-order chi connectivity index (χ1) is 14.7. The molecule has 2 aromatic rings. The molecule has 2 aliphatic rings. The first-order valence-corrected chi connectivity index (χ1v) is 11.0. The molecule has 2 aliphatic heterocycles. The number of hydrogen-bond acceptors (Lipinski definition) is 6. The molecule has 30 heavy (non-hydrogen) atoms. The van der Waals surface area contributed by atoms with Gasteiger partial charge in [0.25, 0.3) is 0 Å². The standard InChI is InChI=1S/C21H29ClN6O2/c1-2-23-21(28-7-6-16(15-28)14-27-8-10-29-11-9-27)24-13-19-25-20(26-30-19)17-4-3-5-18(22)12-17/h3-5,12,16H,2,6-11,13-15H2,1H3,(H,23,24). The summed E-state index contributed by atoms with van der Waals surface area (Å²) in [4.78, 5) is 14.1. The Morgan fingerprint density at radius 1 is 1.30 bits per heavy atom. The van der Waals surface area contributed by atoms with Crippen molar-refractivity contribution in [1.29, 1.82) is 0 Å². The molecule has 3 heterocycles. The van der Waals surface area contributed by atoms with Gasteiger partial charge in [-0.15, -0.1) is 0 Å². The number of ether oxygens (including phenoxy) is 1. The third-order valence-electron chi connectivity index (χ3n) is 5.46. The minimum atomic E-state index is 0.348. The van der Waals surface area contributed by atoms with Crippen LogP contribution < -0.4 is 5.32 Å². The van der Waals surface area contributed by atoms with E-state index < -0.39 is 0 Å². The maximum Gasteiger partial charge on any atom is 0.248 e. The van der Waals surface area contributed by atoms with E-state index in [1.165, 1.54) is 6.42 Å². The zero-order valence-electron chi connectivity index (χ0n) is 17.4. The van der Waals surface area contributed by atoms with Gasteiger partial charge >= 0.3 is 0 Å². The van der Waals surface area contributed by atoms with Gasteiger partial charge in [-0.25, -0.2) is 4.99 Å². The first kappa shape index (κ1) is 21.1. The highest BCUT2D eigenvalue weighted by Crippen LogP contribution is 2.21. The monoisotopic (exact) mass is 432 g/mol. The van der Waals surface area contributed by atoms with E-state index in [9.17, 15) is 0 Å². The maximum absolute atomic E-state index is 6.05. The number of morpholine rings is 1. The Bertz CT molecular complexity index is 852. The third-order valence-corrected chi connectivity index (χ3v) is 5.69. The van der Waals surface area contributed by atoms with Crippen molar-refractivity contribution in [2.45, 2.75) is 19.9 Å². The van der Waals surface area contributed by atoms with Gasteiger partial charge in [0.2, 0.25) is 11.7 Å². The Hall–Kier alpha value is -2.16. The molecule has 162 valence electrons. The van der Waals surface area contributed by atoms with Gasteiger partial charge in [-0.2, -0.15) is 4.98 Å². The fourth-order valence-electron chi connectivity index (χ4n) is 3.96. The molecular weight excluding hydrogens is 404 g/mol. The van der Waals surface area contributed by atoms with Gasteiger partial charge in [0, 0.05) is 49.9 Å². The zero-order chi connectivity index (χ0) is 20.8. The zero-order valence-corrected chi connectivity index (χ0v) is 18.1. The first-order valence-electron chi connectivity index (χ1n) is 10.6. The van der Waals surface area contributed by atoms with Crippen LogP contribution in [0.5, 0.6) is 0 Å². The molecule has 2 saturated heterocycles. The molecule has 0 saturated carbocycles. The molecule has 1 N–H and O–H groups in total. The molecule has 0 bridgehead atoms. The number of guanidine groups is 1. The normalized spacial score (nSPS) is 20.7. The van der Waals surface area contributed by atoms with Crippen molar-refractivity contribution in [2.75, 3.05) is 52.5 Å². The van der Waals surface area contributed by atoms with Crippen LogP contribution in [0.4, 0.5) is 0 Å². The number of hydrogen-bond donors (Lipinski definition) is 1. The molecule has 1 aromatic heterocycles. The maximum atomic E-state index is 6.05. The van der Waals surface area contributed by atoms with E-state index in [2.05, 4.69) is 32.2 Å². The summed E-state index contributed by atoms with van der Waals surface area (Å²) < 4.78 is 10.9. The predicted molar refractivity (Wildman–Crippen MR) is 116 cm³/mol. The highest BCUT2D eigenvalue weighted by atomic mass is 35.5. The van der Waals surface area contributed by atoms with Crippen molar-refractivity contribution in [2.24, 2.45) is 10.9 Å². The van der Waals surface area contributed by atoms with Crippen molar-refractivity contribution < 1.29 is 9.26 Å². The second-order valence-electron chi connectivity index (χ2n) is 7.71. The summed E-state index contributed by atoms with van der Waals surface area (Å²) >= 11 is 6.05. The Kier molecular flexibility index (Phi) is 7.20. The van der Waals surface area contributed by atoms with E-state index in [4.69, 9.17) is 25.9 Å². The van der Waals surface area contributed by atoms with Gasteiger partial charge < -0.3 is 19.5 Å². The Balaban J connectivity index is 1.36. The summed E-state index contributed by atoms with van der Waals surface area (Å²) in [6.07, 6.45) is 1.18. The van der Waals surface area contributed by atoms with E-state index >= 15 is 0 Å². The molecule has 1 unspecified atom stereocenters. The molecule has 0 amide bonds. The van der Waals surface area contributed by atoms with E-state index in [0.717, 1.165) is 64.0 Å². The van der Waals surface area contributed by atoms with Crippen LogP contribution in [0.25, 0.3) is 11.4 Å². The smallest absolute Gasteiger partial charge is 0.248 e. The van der Waals surface area contributed by atoms with Crippen LogP contribution in [0.15, 0.2) is 33.8 Å². The van der Waals surface area contributed by atoms with Crippen molar-refractivity contribution in [3.05, 3.63) is 35.2 Å². The molecule has 0 spiro atoms. The molecule has 1 atom stereocenters. The van der Waals surface area contributed by atoms with Crippen LogP contribution in [0.1, 0.15) is 19.2 Å². The van der Waals surface area contributed by atoms with Gasteiger partial charge in [0.15, 0.2) is 5.96 Å². The van der Waals surface area contributed by atoms with Crippen LogP contribution >= 0.6 is 11.6 Å². The minimum absolute atomic E-state index is 0.348. The molecule has 1 aromatic carbocycles. The van der Waals surface area contributed by atoms with Crippen LogP contribution in [0.3, 0.4) is 0 Å². The number of nitrogens with zero attached hydrogens (tertiary/aromatic N) is 5. The lowest BCUT2D eigenvalue weighted by atomic mass is 10.1. The van der Waals surface area contributed by atoms with Gasteiger partial charge in [-0.05, 0) is 31.4 Å². The van der Waals surface area contributed by atoms with Crippen LogP contribution in [-0.2, 0) is 11.3 Å². The number of rotatable bonds is 6. The summed E-state index contributed by atoms with van der Waals surface area (Å²) in [6, 6.07) is 7.42. The number of benzene rings is 1. The predicted octanol–water partition coefficient (Wildman–Crippen LogP) is 2.51. The lowest BCUT2D eigenvalue weighted by Crippen LogP contribution is -2.42. The summed E-state index contributed by atoms with van der Waals surface area (Å²) in [5, 5.41) is 8.11. The third kappa shape index (κ3) is 5.50. The van der Waals surface area contributed by atoms with E-state index in [1.807, 2.05) is 24.3 Å². The van der Waals surface area contributed by atoms with Gasteiger partial charge in [-0.1, -0.05) is 28.9 Å². The Morgan fingerprint density at radius 3 is 2.97 bits per heavy atom. The second kappa shape index (κ2) is 10.2. The molecule has 9 heteroatoms. The molecule has 0 radical (unpaired) electrons. The number of halogens is 1. The summed E-state index contributed by atoms with van der Waals surface area (Å²) in [7, 11) is 0. The van der Waals surface area contributed by atoms with Crippen molar-refractivity contribution >= 4 is 17.6 Å². The molecule has 8 nitrogen and oxygen atoms in total. The molecule has 2 fully saturated rings. The Morgan fingerprint density at radius 2 is 2.17 bits per heavy atom. The van der Waals surface area contributed by atoms with Crippen LogP contribution in [-0.4, -0.2) is 78.4 Å². The Labute approximate surface area is 182 Å². The summed E-state index contributed by atoms with van der Waals surface area (Å²) in [6.45, 7) is 10.2. The quantitative estimate of drug-likeness (QED) is 0.555. The highest BCUT2D eigenvalue weighted by molar-refractivity contribution is 6.30. The average Bonchev–Trinajstić information content (AvgIpc) is 3.42. The highest BCUT2D eigenvalue weighted by Gasteiger charge is 2.27. The van der Waals surface area contributed by atoms with E-state index in [-0.39, 0.29) is 0 Å². The SMILES string of the molecule is CCNC(=NCc1nc(-c2cccc(Cl)c2)no1)N1CCC(CN2CCOCC2)C1. The van der Waals surface area contributed by atoms with Crippen molar-refractivity contribution in [3.63, 3.8) is 0 Å². The second-order valence-corrected chi connectivity index (χ2v) is 8.14. The minimum Gasteiger partial charge on any atom is -0.379 e. The van der Waals surface area contributed by atoms with Gasteiger partial charge in [0.05, 0.1) is 13.2 Å². The fraction of sp³-hybridized carbons (Fsp3) is 0.571. The fourth-order valence-corrected chi connectivity index (χ4v) is 4.15. The van der Waals surface area contributed by atoms with E-state index in [1.54, 1.807) is 0 Å². The number of nitrogens with one attached hydrogen (secondary N) is 1. The van der Waals surface area contributed by atoms with Crippen LogP contribution in [0.2, 0.25) is 5.02 Å². The number of aliphatic imine (C=N–C) groups is 1. The van der Waals surface area contributed by atoms with Crippen molar-refractivity contribution in [3.8, 4) is 11.4 Å². The van der Waals surface area contributed by atoms with Crippen LogP contribution in [0, 0.1) is 5.92 Å². The van der Waals surface area contributed by atoms with Gasteiger partial charge in [-0.3, -0.25) is 4.90 Å². The number of aromatic nitrogens is 2. The van der Waals surface area contributed by atoms with Crippen molar-refractivity contribution in [1.82, 2.24) is 25.3 Å². The lowest BCUT2D eigenvalue weighted by molar-refractivity contribution is 0.0315. The van der Waals surface area contributed by atoms with Gasteiger partial charge in [0.1, 0.15) is 6.54 Å². The number of likely N-dealkylation sites (tertiary alicyclic amines) is 1. The summed E-state index contributed by atoms with van der Waals surface area (Å²) in [5.74, 6) is 2.58. The lowest BCUT2D eigenvalue weighted by Gasteiger charge is -2.29. The topological polar surface area (TPSA) is 79.0 Å². The molecular formula is C21H29ClN6O2. The molecule has 4 rings (SSSR count). The largest absolute Gasteiger partial charge is 0.379 e. The van der Waals surface area contributed by atoms with E-state index in [0.29, 0.717) is 29.2 Å².